The molecule has 26 heavy (non-hydrogen) atoms. The second-order valence-electron chi connectivity index (χ2n) is 6.70. The van der Waals surface area contributed by atoms with Crippen LogP contribution in [0.15, 0.2) is 109 Å². The maximum Gasteiger partial charge on any atom is 0.278 e. The molecular weight excluding hydrogens is 316 g/mol. The smallest absolute Gasteiger partial charge is 0.179 e. The average molecular weight is 336 g/mol. The van der Waals surface area contributed by atoms with Crippen molar-refractivity contribution < 1.29 is 9.13 Å². The van der Waals surface area contributed by atoms with Crippen molar-refractivity contribution in [3.05, 3.63) is 121 Å². The summed E-state index contributed by atoms with van der Waals surface area (Å²) >= 11 is 0. The van der Waals surface area contributed by atoms with Gasteiger partial charge < -0.3 is 0 Å². The van der Waals surface area contributed by atoms with E-state index < -0.39 is 0 Å². The van der Waals surface area contributed by atoms with Crippen LogP contribution in [0.25, 0.3) is 11.4 Å². The minimum atomic E-state index is 0.203. The molecule has 0 saturated carbocycles. The lowest BCUT2D eigenvalue weighted by atomic mass is 9.89. The van der Waals surface area contributed by atoms with Gasteiger partial charge in [-0.2, -0.15) is 9.13 Å². The Morgan fingerprint density at radius 3 is 1.23 bits per heavy atom. The van der Waals surface area contributed by atoms with Gasteiger partial charge in [0.25, 0.3) is 11.4 Å². The summed E-state index contributed by atoms with van der Waals surface area (Å²) in [5.41, 5.74) is 5.13. The van der Waals surface area contributed by atoms with Crippen molar-refractivity contribution in [1.29, 1.82) is 0 Å². The lowest BCUT2D eigenvalue weighted by molar-refractivity contribution is -0.819. The molecule has 0 spiro atoms. The molecule has 0 aliphatic carbocycles. The summed E-state index contributed by atoms with van der Waals surface area (Å²) in [5, 5.41) is 0. The van der Waals surface area contributed by atoms with E-state index in [1.54, 1.807) is 0 Å². The fourth-order valence-electron chi connectivity index (χ4n) is 4.12. The van der Waals surface area contributed by atoms with Gasteiger partial charge in [0, 0.05) is 35.4 Å². The van der Waals surface area contributed by atoms with Crippen LogP contribution >= 0.6 is 0 Å². The maximum atomic E-state index is 2.42. The highest BCUT2D eigenvalue weighted by molar-refractivity contribution is 5.47. The molecule has 0 unspecified atom stereocenters. The molecule has 2 atom stereocenters. The van der Waals surface area contributed by atoms with Gasteiger partial charge in [0.2, 0.25) is 12.1 Å². The van der Waals surface area contributed by atoms with Crippen molar-refractivity contribution in [2.75, 3.05) is 0 Å². The zero-order valence-electron chi connectivity index (χ0n) is 14.4. The van der Waals surface area contributed by atoms with Gasteiger partial charge in [-0.3, -0.25) is 0 Å². The first-order valence-electron chi connectivity index (χ1n) is 9.04. The van der Waals surface area contributed by atoms with E-state index in [9.17, 15) is 0 Å². The van der Waals surface area contributed by atoms with Crippen LogP contribution in [0.3, 0.4) is 0 Å². The lowest BCUT2D eigenvalue weighted by Crippen LogP contribution is -2.60. The van der Waals surface area contributed by atoms with Crippen molar-refractivity contribution in [3.8, 4) is 11.4 Å². The van der Waals surface area contributed by atoms with Crippen LogP contribution < -0.4 is 9.13 Å². The second-order valence-corrected chi connectivity index (χ2v) is 6.70. The Morgan fingerprint density at radius 1 is 0.423 bits per heavy atom. The predicted molar refractivity (Wildman–Crippen MR) is 101 cm³/mol. The molecule has 0 N–H and O–H groups in total. The van der Waals surface area contributed by atoms with Crippen LogP contribution in [0.5, 0.6) is 0 Å². The molecule has 3 heterocycles. The average Bonchev–Trinajstić information content (AvgIpc) is 2.74. The molecule has 2 aromatic carbocycles. The third kappa shape index (κ3) is 2.34. The summed E-state index contributed by atoms with van der Waals surface area (Å²) in [6.45, 7) is 0. The Hall–Kier alpha value is -3.26. The Kier molecular flexibility index (Phi) is 3.60. The molecule has 0 saturated heterocycles. The van der Waals surface area contributed by atoms with E-state index in [1.165, 1.54) is 22.5 Å². The van der Waals surface area contributed by atoms with Crippen molar-refractivity contribution >= 4 is 0 Å². The number of nitrogens with zero attached hydrogens (tertiary/aromatic N) is 2. The number of benzene rings is 2. The van der Waals surface area contributed by atoms with Crippen LogP contribution in [0, 0.1) is 0 Å². The van der Waals surface area contributed by atoms with E-state index in [1.807, 2.05) is 0 Å². The van der Waals surface area contributed by atoms with E-state index in [2.05, 4.69) is 119 Å². The standard InChI is InChI=1S/C24H20N2/c1-3-11-19(12-4-1)23-24(20-13-5-2-6-14-20)26-18-10-8-16-22(26)21-15-7-9-17-25(21)23/h1-18,23-24H/q+2/t23-,24+. The fourth-order valence-corrected chi connectivity index (χ4v) is 4.12. The van der Waals surface area contributed by atoms with E-state index in [0.29, 0.717) is 0 Å². The second kappa shape index (κ2) is 6.23. The number of fused-ring (bicyclic) bond motifs is 3. The van der Waals surface area contributed by atoms with Gasteiger partial charge in [0.05, 0.1) is 0 Å². The van der Waals surface area contributed by atoms with Gasteiger partial charge in [-0.1, -0.05) is 60.7 Å². The lowest BCUT2D eigenvalue weighted by Gasteiger charge is -2.26. The topological polar surface area (TPSA) is 7.76 Å². The van der Waals surface area contributed by atoms with Crippen LogP contribution in [-0.4, -0.2) is 0 Å². The highest BCUT2D eigenvalue weighted by atomic mass is 15.2. The van der Waals surface area contributed by atoms with Crippen LogP contribution in [0.1, 0.15) is 23.2 Å². The maximum absolute atomic E-state index is 2.42. The molecule has 0 amide bonds. The molecule has 4 aromatic rings. The zero-order valence-corrected chi connectivity index (χ0v) is 14.4. The predicted octanol–water partition coefficient (Wildman–Crippen LogP) is 4.12. The normalized spacial score (nSPS) is 18.0. The first kappa shape index (κ1) is 15.0. The molecule has 2 aromatic heterocycles. The first-order valence-corrected chi connectivity index (χ1v) is 9.04. The monoisotopic (exact) mass is 336 g/mol. The van der Waals surface area contributed by atoms with Crippen LogP contribution in [0.4, 0.5) is 0 Å². The fraction of sp³-hybridized carbons (Fsp3) is 0.0833. The van der Waals surface area contributed by atoms with Crippen LogP contribution in [0.2, 0.25) is 0 Å². The molecule has 1 aliphatic heterocycles. The van der Waals surface area contributed by atoms with Gasteiger partial charge in [0.1, 0.15) is 0 Å². The van der Waals surface area contributed by atoms with E-state index >= 15 is 0 Å². The molecule has 2 nitrogen and oxygen atoms in total. The summed E-state index contributed by atoms with van der Waals surface area (Å²) in [4.78, 5) is 0. The molecular formula is C24H20N2+2. The van der Waals surface area contributed by atoms with Gasteiger partial charge in [-0.05, 0) is 12.1 Å². The molecule has 0 fully saturated rings. The number of pyridine rings is 2. The number of aromatic nitrogens is 2. The summed E-state index contributed by atoms with van der Waals surface area (Å²) < 4.78 is 4.84. The van der Waals surface area contributed by atoms with E-state index in [0.717, 1.165) is 0 Å². The third-order valence-corrected chi connectivity index (χ3v) is 5.22. The van der Waals surface area contributed by atoms with E-state index in [4.69, 9.17) is 0 Å². The largest absolute Gasteiger partial charge is 0.278 e. The summed E-state index contributed by atoms with van der Waals surface area (Å²) in [6, 6.07) is 35.0. The molecule has 5 rings (SSSR count). The Labute approximate surface area is 153 Å². The first-order chi connectivity index (χ1) is 12.9. The van der Waals surface area contributed by atoms with Crippen molar-refractivity contribution in [2.24, 2.45) is 0 Å². The zero-order chi connectivity index (χ0) is 17.3. The highest BCUT2D eigenvalue weighted by Crippen LogP contribution is 2.34. The highest BCUT2D eigenvalue weighted by Gasteiger charge is 2.47. The number of rotatable bonds is 2. The summed E-state index contributed by atoms with van der Waals surface area (Å²) in [5.74, 6) is 0. The quantitative estimate of drug-likeness (QED) is 0.487. The molecule has 1 aliphatic rings. The minimum Gasteiger partial charge on any atom is -0.179 e. The Balaban J connectivity index is 1.83. The summed E-state index contributed by atoms with van der Waals surface area (Å²) in [6.07, 6.45) is 4.42. The minimum absolute atomic E-state index is 0.203. The van der Waals surface area contributed by atoms with Crippen molar-refractivity contribution in [2.45, 2.75) is 12.1 Å². The van der Waals surface area contributed by atoms with Gasteiger partial charge in [0.15, 0.2) is 12.4 Å². The summed E-state index contributed by atoms with van der Waals surface area (Å²) in [7, 11) is 0. The van der Waals surface area contributed by atoms with Gasteiger partial charge in [-0.25, -0.2) is 0 Å². The van der Waals surface area contributed by atoms with E-state index in [-0.39, 0.29) is 12.1 Å². The van der Waals surface area contributed by atoms with Gasteiger partial charge in [-0.15, -0.1) is 0 Å². The van der Waals surface area contributed by atoms with Gasteiger partial charge >= 0.3 is 0 Å². The molecule has 2 heteroatoms. The molecule has 124 valence electrons. The van der Waals surface area contributed by atoms with Crippen molar-refractivity contribution in [1.82, 2.24) is 0 Å². The number of hydrogen-bond acceptors (Lipinski definition) is 0. The Bertz CT molecular complexity index is 955. The third-order valence-electron chi connectivity index (χ3n) is 5.22. The Morgan fingerprint density at radius 2 is 0.808 bits per heavy atom. The SMILES string of the molecule is c1ccc([C@@H]2[C@H](c3ccccc3)[n+]3ccccc3-c3cccc[n+]32)cc1. The molecule has 0 bridgehead atoms. The number of hydrogen-bond donors (Lipinski definition) is 0. The molecule has 0 radical (unpaired) electrons. The van der Waals surface area contributed by atoms with Crippen molar-refractivity contribution in [3.63, 3.8) is 0 Å². The van der Waals surface area contributed by atoms with Crippen LogP contribution in [-0.2, 0) is 0 Å².